The summed E-state index contributed by atoms with van der Waals surface area (Å²) in [6, 6.07) is 13.4. The molecule has 1 saturated heterocycles. The Bertz CT molecular complexity index is 1210. The molecule has 2 aliphatic rings. The monoisotopic (exact) mass is 478 g/mol. The Balaban J connectivity index is 1.41. The lowest BCUT2D eigenvalue weighted by Crippen LogP contribution is -2.43. The van der Waals surface area contributed by atoms with E-state index in [-0.39, 0.29) is 19.3 Å². The second-order valence-electron chi connectivity index (χ2n) is 8.58. The molecule has 1 aromatic heterocycles. The van der Waals surface area contributed by atoms with Gasteiger partial charge in [0.15, 0.2) is 5.75 Å². The maximum atomic E-state index is 14.8. The topological polar surface area (TPSA) is 87.2 Å². The number of hydrogen-bond acceptors (Lipinski definition) is 7. The summed E-state index contributed by atoms with van der Waals surface area (Å²) in [5, 5.41) is 12.7. The Morgan fingerprint density at radius 2 is 2.00 bits per heavy atom. The highest BCUT2D eigenvalue weighted by Crippen LogP contribution is 2.41. The standard InChI is InChI=1S/C26H27FN4O4/c1-17-5-8-24(28-14-17)31-19(15-32)16-35-25-20(3-2-4-23(25)31)26(33)29-18-6-7-22(21(27)13-18)30-9-11-34-12-10-30/h2-8,13-14,19,32H,9-12,15-16H2,1H3,(H,29,33). The number of aryl methyl sites for hydroxylation is 1. The molecule has 1 fully saturated rings. The maximum absolute atomic E-state index is 14.8. The van der Waals surface area contributed by atoms with E-state index in [0.717, 1.165) is 5.56 Å². The molecule has 1 atom stereocenters. The number of carbonyl (C=O) groups excluding carboxylic acids is 1. The number of morpholine rings is 1. The van der Waals surface area contributed by atoms with Crippen molar-refractivity contribution in [2.24, 2.45) is 0 Å². The molecule has 8 nitrogen and oxygen atoms in total. The smallest absolute Gasteiger partial charge is 0.259 e. The normalized spacial score (nSPS) is 17.5. The summed E-state index contributed by atoms with van der Waals surface area (Å²) in [6.45, 7) is 4.36. The first-order valence-electron chi connectivity index (χ1n) is 11.6. The van der Waals surface area contributed by atoms with E-state index in [1.165, 1.54) is 6.07 Å². The number of pyridine rings is 1. The molecule has 0 saturated carbocycles. The molecule has 3 heterocycles. The number of aliphatic hydroxyl groups is 1. The highest BCUT2D eigenvalue weighted by atomic mass is 19.1. The minimum Gasteiger partial charge on any atom is -0.488 e. The molecule has 9 heteroatoms. The zero-order chi connectivity index (χ0) is 24.4. The third kappa shape index (κ3) is 4.65. The van der Waals surface area contributed by atoms with Crippen molar-refractivity contribution in [3.05, 3.63) is 71.7 Å². The lowest BCUT2D eigenvalue weighted by atomic mass is 10.1. The molecule has 1 amide bonds. The van der Waals surface area contributed by atoms with Gasteiger partial charge in [0.1, 0.15) is 18.2 Å². The predicted octanol–water partition coefficient (Wildman–Crippen LogP) is 3.51. The number of amides is 1. The Labute approximate surface area is 202 Å². The molecule has 2 aromatic carbocycles. The molecule has 35 heavy (non-hydrogen) atoms. The Morgan fingerprint density at radius 3 is 2.71 bits per heavy atom. The van der Waals surface area contributed by atoms with E-state index >= 15 is 0 Å². The van der Waals surface area contributed by atoms with Crippen LogP contribution in [0.2, 0.25) is 0 Å². The van der Waals surface area contributed by atoms with Crippen LogP contribution in [0.15, 0.2) is 54.7 Å². The Morgan fingerprint density at radius 1 is 1.17 bits per heavy atom. The number of halogens is 1. The van der Waals surface area contributed by atoms with Crippen molar-refractivity contribution >= 4 is 28.8 Å². The molecule has 0 radical (unpaired) electrons. The van der Waals surface area contributed by atoms with Crippen molar-refractivity contribution in [2.75, 3.05) is 54.6 Å². The fraction of sp³-hybridized carbons (Fsp3) is 0.308. The van der Waals surface area contributed by atoms with Gasteiger partial charge in [0.25, 0.3) is 5.91 Å². The Hall–Kier alpha value is -3.69. The van der Waals surface area contributed by atoms with E-state index in [4.69, 9.17) is 9.47 Å². The number of anilines is 4. The van der Waals surface area contributed by atoms with Gasteiger partial charge >= 0.3 is 0 Å². The van der Waals surface area contributed by atoms with Crippen molar-refractivity contribution < 1.29 is 23.8 Å². The second kappa shape index (κ2) is 9.89. The third-order valence-corrected chi connectivity index (χ3v) is 6.19. The summed E-state index contributed by atoms with van der Waals surface area (Å²) in [7, 11) is 0. The molecular weight excluding hydrogens is 451 g/mol. The number of carbonyl (C=O) groups is 1. The van der Waals surface area contributed by atoms with Crippen LogP contribution < -0.4 is 19.9 Å². The van der Waals surface area contributed by atoms with Crippen molar-refractivity contribution in [2.45, 2.75) is 13.0 Å². The number of para-hydroxylation sites is 1. The molecular formula is C26H27FN4O4. The first kappa shape index (κ1) is 23.1. The highest BCUT2D eigenvalue weighted by molar-refractivity contribution is 6.07. The first-order chi connectivity index (χ1) is 17.0. The van der Waals surface area contributed by atoms with E-state index in [1.807, 2.05) is 34.9 Å². The van der Waals surface area contributed by atoms with Crippen LogP contribution in [0.4, 0.5) is 27.3 Å². The summed E-state index contributed by atoms with van der Waals surface area (Å²) in [5.41, 5.74) is 2.80. The Kier molecular flexibility index (Phi) is 6.52. The highest BCUT2D eigenvalue weighted by Gasteiger charge is 2.32. The number of nitrogens with one attached hydrogen (secondary N) is 1. The first-order valence-corrected chi connectivity index (χ1v) is 11.6. The van der Waals surface area contributed by atoms with Gasteiger partial charge in [-0.3, -0.25) is 4.79 Å². The fourth-order valence-corrected chi connectivity index (χ4v) is 4.39. The number of fused-ring (bicyclic) bond motifs is 1. The van der Waals surface area contributed by atoms with E-state index in [9.17, 15) is 14.3 Å². The molecule has 0 spiro atoms. The van der Waals surface area contributed by atoms with E-state index < -0.39 is 11.7 Å². The van der Waals surface area contributed by atoms with Gasteiger partial charge < -0.3 is 29.7 Å². The van der Waals surface area contributed by atoms with Crippen molar-refractivity contribution in [3.8, 4) is 5.75 Å². The summed E-state index contributed by atoms with van der Waals surface area (Å²) in [4.78, 5) is 21.5. The lowest BCUT2D eigenvalue weighted by molar-refractivity contribution is 0.102. The van der Waals surface area contributed by atoms with Gasteiger partial charge in [-0.15, -0.1) is 0 Å². The summed E-state index contributed by atoms with van der Waals surface area (Å²) < 4.78 is 26.1. The summed E-state index contributed by atoms with van der Waals surface area (Å²) >= 11 is 0. The van der Waals surface area contributed by atoms with Crippen LogP contribution in [0.3, 0.4) is 0 Å². The van der Waals surface area contributed by atoms with Crippen molar-refractivity contribution in [3.63, 3.8) is 0 Å². The third-order valence-electron chi connectivity index (χ3n) is 6.19. The summed E-state index contributed by atoms with van der Waals surface area (Å²) in [5.74, 6) is 0.220. The van der Waals surface area contributed by atoms with Crippen LogP contribution in [-0.2, 0) is 4.74 Å². The van der Waals surface area contributed by atoms with Gasteiger partial charge in [-0.05, 0) is 48.9 Å². The SMILES string of the molecule is Cc1ccc(N2c3cccc(C(=O)Nc4ccc(N5CCOCC5)c(F)c4)c3OCC2CO)nc1. The average molecular weight is 479 g/mol. The molecule has 5 rings (SSSR count). The molecule has 1 unspecified atom stereocenters. The van der Waals surface area contributed by atoms with Gasteiger partial charge in [0, 0.05) is 25.0 Å². The molecule has 3 aromatic rings. The second-order valence-corrected chi connectivity index (χ2v) is 8.58. The van der Waals surface area contributed by atoms with Crippen LogP contribution in [0, 0.1) is 12.7 Å². The molecule has 2 aliphatic heterocycles. The zero-order valence-electron chi connectivity index (χ0n) is 19.4. The van der Waals surface area contributed by atoms with Crippen LogP contribution in [0.1, 0.15) is 15.9 Å². The number of aliphatic hydroxyl groups excluding tert-OH is 1. The van der Waals surface area contributed by atoms with Gasteiger partial charge in [-0.2, -0.15) is 0 Å². The van der Waals surface area contributed by atoms with Gasteiger partial charge in [-0.25, -0.2) is 9.37 Å². The van der Waals surface area contributed by atoms with Gasteiger partial charge in [-0.1, -0.05) is 12.1 Å². The molecule has 0 bridgehead atoms. The average Bonchev–Trinajstić information content (AvgIpc) is 2.88. The quantitative estimate of drug-likeness (QED) is 0.580. The number of nitrogens with zero attached hydrogens (tertiary/aromatic N) is 3. The van der Waals surface area contributed by atoms with E-state index in [2.05, 4.69) is 10.3 Å². The zero-order valence-corrected chi connectivity index (χ0v) is 19.4. The molecule has 0 aliphatic carbocycles. The summed E-state index contributed by atoms with van der Waals surface area (Å²) in [6.07, 6.45) is 1.75. The molecule has 2 N–H and O–H groups in total. The van der Waals surface area contributed by atoms with Crippen molar-refractivity contribution in [1.29, 1.82) is 0 Å². The van der Waals surface area contributed by atoms with Crippen molar-refractivity contribution in [1.82, 2.24) is 4.98 Å². The lowest BCUT2D eigenvalue weighted by Gasteiger charge is -2.37. The van der Waals surface area contributed by atoms with Gasteiger partial charge in [0.2, 0.25) is 0 Å². The number of aromatic nitrogens is 1. The van der Waals surface area contributed by atoms with Crippen LogP contribution in [0.25, 0.3) is 0 Å². The predicted molar refractivity (Wildman–Crippen MR) is 131 cm³/mol. The number of hydrogen-bond donors (Lipinski definition) is 2. The number of benzene rings is 2. The minimum atomic E-state index is -0.417. The maximum Gasteiger partial charge on any atom is 0.259 e. The fourth-order valence-electron chi connectivity index (χ4n) is 4.39. The molecule has 182 valence electrons. The number of ether oxygens (including phenoxy) is 2. The minimum absolute atomic E-state index is 0.139. The van der Waals surface area contributed by atoms with E-state index in [0.29, 0.717) is 60.5 Å². The number of rotatable bonds is 5. The van der Waals surface area contributed by atoms with Crippen LogP contribution >= 0.6 is 0 Å². The van der Waals surface area contributed by atoms with Crippen LogP contribution in [0.5, 0.6) is 5.75 Å². The van der Waals surface area contributed by atoms with Gasteiger partial charge in [0.05, 0.1) is 42.8 Å². The van der Waals surface area contributed by atoms with Crippen LogP contribution in [-0.4, -0.2) is 61.6 Å². The largest absolute Gasteiger partial charge is 0.488 e. The van der Waals surface area contributed by atoms with E-state index in [1.54, 1.807) is 30.5 Å².